The van der Waals surface area contributed by atoms with Crippen LogP contribution in [-0.4, -0.2) is 41.7 Å². The van der Waals surface area contributed by atoms with Crippen molar-refractivity contribution in [2.75, 3.05) is 20.3 Å². The molecule has 126 valence electrons. The lowest BCUT2D eigenvalue weighted by molar-refractivity contribution is -0.131. The second-order valence-electron chi connectivity index (χ2n) is 6.75. The first-order valence-electron chi connectivity index (χ1n) is 8.45. The van der Waals surface area contributed by atoms with E-state index in [1.54, 1.807) is 7.11 Å². The number of hydrogen-bond donors (Lipinski definition) is 0. The van der Waals surface area contributed by atoms with Crippen LogP contribution in [0.5, 0.6) is 5.75 Å². The molecular formula is C18H26N2O3. The van der Waals surface area contributed by atoms with E-state index in [-0.39, 0.29) is 11.5 Å². The van der Waals surface area contributed by atoms with Crippen LogP contribution in [0.15, 0.2) is 6.20 Å². The lowest BCUT2D eigenvalue weighted by Crippen LogP contribution is -2.32. The van der Waals surface area contributed by atoms with Crippen LogP contribution in [0.1, 0.15) is 48.9 Å². The molecule has 2 saturated heterocycles. The molecule has 0 N–H and O–H groups in total. The molecule has 5 nitrogen and oxygen atoms in total. The van der Waals surface area contributed by atoms with Gasteiger partial charge in [-0.3, -0.25) is 9.78 Å². The molecule has 1 unspecified atom stereocenters. The first kappa shape index (κ1) is 16.2. The van der Waals surface area contributed by atoms with Gasteiger partial charge >= 0.3 is 0 Å². The fourth-order valence-corrected chi connectivity index (χ4v) is 3.81. The van der Waals surface area contributed by atoms with Gasteiger partial charge in [0, 0.05) is 36.9 Å². The smallest absolute Gasteiger partial charge is 0.223 e. The summed E-state index contributed by atoms with van der Waals surface area (Å²) in [5, 5.41) is 0. The van der Waals surface area contributed by atoms with Crippen molar-refractivity contribution in [3.8, 4) is 5.75 Å². The Morgan fingerprint density at radius 3 is 2.87 bits per heavy atom. The summed E-state index contributed by atoms with van der Waals surface area (Å²) in [6.45, 7) is 6.14. The maximum Gasteiger partial charge on any atom is 0.223 e. The van der Waals surface area contributed by atoms with Gasteiger partial charge in [0.15, 0.2) is 0 Å². The van der Waals surface area contributed by atoms with Crippen molar-refractivity contribution in [2.45, 2.75) is 58.1 Å². The number of aromatic nitrogens is 1. The molecule has 0 aromatic carbocycles. The number of pyridine rings is 1. The number of hydrogen-bond acceptors (Lipinski definition) is 4. The minimum Gasteiger partial charge on any atom is -0.496 e. The number of carbonyl (C=O) groups excluding carboxylic acids is 1. The van der Waals surface area contributed by atoms with Crippen molar-refractivity contribution in [3.05, 3.63) is 23.0 Å². The van der Waals surface area contributed by atoms with Crippen LogP contribution >= 0.6 is 0 Å². The van der Waals surface area contributed by atoms with Gasteiger partial charge in [-0.15, -0.1) is 0 Å². The molecule has 2 fully saturated rings. The Balaban J connectivity index is 1.76. The van der Waals surface area contributed by atoms with Crippen molar-refractivity contribution in [1.29, 1.82) is 0 Å². The highest BCUT2D eigenvalue weighted by molar-refractivity contribution is 5.76. The van der Waals surface area contributed by atoms with Gasteiger partial charge in [-0.25, -0.2) is 0 Å². The van der Waals surface area contributed by atoms with Crippen molar-refractivity contribution in [3.63, 3.8) is 0 Å². The van der Waals surface area contributed by atoms with Gasteiger partial charge < -0.3 is 14.4 Å². The Bertz CT molecular complexity index is 594. The number of likely N-dealkylation sites (tertiary alicyclic amines) is 1. The van der Waals surface area contributed by atoms with Crippen molar-refractivity contribution >= 4 is 5.91 Å². The van der Waals surface area contributed by atoms with Crippen molar-refractivity contribution in [1.82, 2.24) is 9.88 Å². The van der Waals surface area contributed by atoms with Crippen LogP contribution in [-0.2, 0) is 16.1 Å². The van der Waals surface area contributed by atoms with Crippen LogP contribution in [0.2, 0.25) is 0 Å². The Labute approximate surface area is 138 Å². The molecule has 0 aliphatic carbocycles. The van der Waals surface area contributed by atoms with E-state index in [9.17, 15) is 4.79 Å². The quantitative estimate of drug-likeness (QED) is 0.860. The lowest BCUT2D eigenvalue weighted by atomic mass is 9.92. The highest BCUT2D eigenvalue weighted by Crippen LogP contribution is 2.36. The molecule has 1 atom stereocenters. The monoisotopic (exact) mass is 318 g/mol. The molecule has 2 aliphatic rings. The molecule has 1 aromatic heterocycles. The summed E-state index contributed by atoms with van der Waals surface area (Å²) in [5.74, 6) is 1.07. The third-order valence-corrected chi connectivity index (χ3v) is 5.26. The van der Waals surface area contributed by atoms with Crippen LogP contribution < -0.4 is 4.74 Å². The second-order valence-corrected chi connectivity index (χ2v) is 6.75. The Morgan fingerprint density at radius 1 is 1.35 bits per heavy atom. The molecule has 3 rings (SSSR count). The molecule has 5 heteroatoms. The molecule has 1 spiro atoms. The Hall–Kier alpha value is -1.62. The van der Waals surface area contributed by atoms with E-state index < -0.39 is 0 Å². The normalized spacial score (nSPS) is 25.0. The average Bonchev–Trinajstić information content (AvgIpc) is 2.94. The van der Waals surface area contributed by atoms with Crippen LogP contribution in [0.4, 0.5) is 0 Å². The van der Waals surface area contributed by atoms with E-state index in [2.05, 4.69) is 4.98 Å². The molecule has 0 bridgehead atoms. The SMILES string of the molecule is COc1c(C)cnc(CN2CCC3(CCCO3)CCC2=O)c1C. The van der Waals surface area contributed by atoms with Crippen LogP contribution in [0, 0.1) is 13.8 Å². The fourth-order valence-electron chi connectivity index (χ4n) is 3.81. The van der Waals surface area contributed by atoms with E-state index in [0.717, 1.165) is 61.4 Å². The number of amides is 1. The molecule has 0 saturated carbocycles. The van der Waals surface area contributed by atoms with Gasteiger partial charge in [-0.2, -0.15) is 0 Å². The van der Waals surface area contributed by atoms with Gasteiger partial charge in [0.1, 0.15) is 5.75 Å². The maximum absolute atomic E-state index is 12.5. The first-order valence-corrected chi connectivity index (χ1v) is 8.45. The number of carbonyl (C=O) groups is 1. The predicted octanol–water partition coefficient (Wildman–Crippen LogP) is 2.77. The molecule has 23 heavy (non-hydrogen) atoms. The zero-order valence-corrected chi connectivity index (χ0v) is 14.4. The molecule has 2 aliphatic heterocycles. The third-order valence-electron chi connectivity index (χ3n) is 5.26. The number of rotatable bonds is 3. The highest BCUT2D eigenvalue weighted by atomic mass is 16.5. The van der Waals surface area contributed by atoms with Crippen molar-refractivity contribution < 1.29 is 14.3 Å². The average molecular weight is 318 g/mol. The van der Waals surface area contributed by atoms with E-state index in [1.165, 1.54) is 0 Å². The topological polar surface area (TPSA) is 51.7 Å². The summed E-state index contributed by atoms with van der Waals surface area (Å²) in [5.41, 5.74) is 2.91. The van der Waals surface area contributed by atoms with E-state index in [1.807, 2.05) is 24.9 Å². The van der Waals surface area contributed by atoms with Gasteiger partial charge in [0.25, 0.3) is 0 Å². The highest BCUT2D eigenvalue weighted by Gasteiger charge is 2.38. The number of methoxy groups -OCH3 is 1. The van der Waals surface area contributed by atoms with Gasteiger partial charge in [0.2, 0.25) is 5.91 Å². The summed E-state index contributed by atoms with van der Waals surface area (Å²) >= 11 is 0. The number of aryl methyl sites for hydroxylation is 1. The number of nitrogens with zero attached hydrogens (tertiary/aromatic N) is 2. The number of ether oxygens (including phenoxy) is 2. The summed E-state index contributed by atoms with van der Waals surface area (Å²) in [4.78, 5) is 19.0. The standard InChI is InChI=1S/C18H26N2O3/c1-13-11-19-15(14(2)17(13)22-3)12-20-9-8-18(6-4-10-23-18)7-5-16(20)21/h11H,4-10,12H2,1-3H3. The van der Waals surface area contributed by atoms with Gasteiger partial charge in [-0.05, 0) is 39.5 Å². The first-order chi connectivity index (χ1) is 11.0. The van der Waals surface area contributed by atoms with Crippen LogP contribution in [0.3, 0.4) is 0 Å². The molecule has 0 radical (unpaired) electrons. The Morgan fingerprint density at radius 2 is 2.17 bits per heavy atom. The Kier molecular flexibility index (Phi) is 4.57. The van der Waals surface area contributed by atoms with E-state index in [4.69, 9.17) is 9.47 Å². The maximum atomic E-state index is 12.5. The molecule has 1 amide bonds. The van der Waals surface area contributed by atoms with Gasteiger partial charge in [-0.1, -0.05) is 0 Å². The minimum atomic E-state index is -0.0577. The zero-order chi connectivity index (χ0) is 16.4. The summed E-state index contributed by atoms with van der Waals surface area (Å²) < 4.78 is 11.4. The lowest BCUT2D eigenvalue weighted by Gasteiger charge is -2.27. The summed E-state index contributed by atoms with van der Waals surface area (Å²) in [6, 6.07) is 0. The third kappa shape index (κ3) is 3.20. The van der Waals surface area contributed by atoms with E-state index >= 15 is 0 Å². The largest absolute Gasteiger partial charge is 0.496 e. The molecular weight excluding hydrogens is 292 g/mol. The van der Waals surface area contributed by atoms with E-state index in [0.29, 0.717) is 13.0 Å². The summed E-state index contributed by atoms with van der Waals surface area (Å²) in [6.07, 6.45) is 6.38. The minimum absolute atomic E-state index is 0.0577. The van der Waals surface area contributed by atoms with Crippen molar-refractivity contribution in [2.24, 2.45) is 0 Å². The van der Waals surface area contributed by atoms with Crippen LogP contribution in [0.25, 0.3) is 0 Å². The summed E-state index contributed by atoms with van der Waals surface area (Å²) in [7, 11) is 1.68. The predicted molar refractivity (Wildman–Crippen MR) is 87.4 cm³/mol. The van der Waals surface area contributed by atoms with Gasteiger partial charge in [0.05, 0.1) is 24.9 Å². The second kappa shape index (κ2) is 6.48. The zero-order valence-electron chi connectivity index (χ0n) is 14.4. The molecule has 3 heterocycles. The fraction of sp³-hybridized carbons (Fsp3) is 0.667. The molecule has 1 aromatic rings.